The van der Waals surface area contributed by atoms with E-state index in [0.717, 1.165) is 0 Å². The third-order valence-corrected chi connectivity index (χ3v) is 8.57. The molecule has 0 aliphatic rings. The van der Waals surface area contributed by atoms with Crippen LogP contribution in [0.3, 0.4) is 0 Å². The molecular weight excluding hydrogens is 316 g/mol. The van der Waals surface area contributed by atoms with Gasteiger partial charge in [-0.05, 0) is 0 Å². The van der Waals surface area contributed by atoms with Crippen LogP contribution in [0.5, 0.6) is 0 Å². The van der Waals surface area contributed by atoms with Crippen molar-refractivity contribution in [1.29, 1.82) is 0 Å². The molecule has 0 aliphatic carbocycles. The van der Waals surface area contributed by atoms with Crippen LogP contribution in [0.1, 0.15) is 25.5 Å². The van der Waals surface area contributed by atoms with Gasteiger partial charge in [0.05, 0.1) is 0 Å². The van der Waals surface area contributed by atoms with E-state index >= 15 is 0 Å². The SMILES string of the molecule is C[CH2][Sn]([O]C)[c]1ccccc1C(C)N.Cl. The normalized spacial score (nSPS) is 12.3. The summed E-state index contributed by atoms with van der Waals surface area (Å²) in [5.41, 5.74) is 7.21. The van der Waals surface area contributed by atoms with E-state index in [1.165, 1.54) is 13.6 Å². The molecule has 1 aromatic carbocycles. The Hall–Kier alpha value is 0.229. The van der Waals surface area contributed by atoms with Crippen LogP contribution in [0.25, 0.3) is 0 Å². The summed E-state index contributed by atoms with van der Waals surface area (Å²) in [4.78, 5) is 0. The minimum Gasteiger partial charge on any atom is -0.147 e. The number of hydrogen-bond acceptors (Lipinski definition) is 2. The molecule has 0 aromatic heterocycles. The van der Waals surface area contributed by atoms with E-state index in [-0.39, 0.29) is 18.4 Å². The van der Waals surface area contributed by atoms with Crippen molar-refractivity contribution in [2.24, 2.45) is 5.73 Å². The molecule has 0 fully saturated rings. The van der Waals surface area contributed by atoms with Crippen LogP contribution in [-0.2, 0) is 3.07 Å². The second kappa shape index (κ2) is 7.49. The first kappa shape index (κ1) is 15.2. The molecule has 85 valence electrons. The van der Waals surface area contributed by atoms with E-state index in [0.29, 0.717) is 0 Å². The Morgan fingerprint density at radius 1 is 1.40 bits per heavy atom. The zero-order valence-corrected chi connectivity index (χ0v) is 13.2. The standard InChI is InChI=1S/C8H10N.C2H5.CH3O.ClH.Sn/c1-7(9)8-5-3-2-4-6-8;2*1-2;;/h2-5,7H,9H2,1H3;1H2,2H3;1H3;1H;/q;;-1;;+1. The quantitative estimate of drug-likeness (QED) is 0.854. The van der Waals surface area contributed by atoms with Gasteiger partial charge >= 0.3 is 93.8 Å². The molecule has 15 heavy (non-hydrogen) atoms. The molecular formula is C11H19ClNOSn. The van der Waals surface area contributed by atoms with E-state index in [9.17, 15) is 0 Å². The third-order valence-electron chi connectivity index (χ3n) is 2.32. The van der Waals surface area contributed by atoms with Gasteiger partial charge in [-0.25, -0.2) is 0 Å². The maximum atomic E-state index is 5.94. The maximum Gasteiger partial charge on any atom is -0.147 e. The molecule has 1 aromatic rings. The van der Waals surface area contributed by atoms with Gasteiger partial charge in [0.15, 0.2) is 0 Å². The number of benzene rings is 1. The zero-order chi connectivity index (χ0) is 10.6. The summed E-state index contributed by atoms with van der Waals surface area (Å²) >= 11 is -1.80. The van der Waals surface area contributed by atoms with Crippen molar-refractivity contribution in [3.63, 3.8) is 0 Å². The van der Waals surface area contributed by atoms with Gasteiger partial charge in [0.2, 0.25) is 0 Å². The summed E-state index contributed by atoms with van der Waals surface area (Å²) in [7, 11) is 1.83. The first-order valence-corrected chi connectivity index (χ1v) is 9.56. The van der Waals surface area contributed by atoms with Gasteiger partial charge in [0.25, 0.3) is 0 Å². The van der Waals surface area contributed by atoms with Gasteiger partial charge in [-0.3, -0.25) is 0 Å². The molecule has 4 heteroatoms. The van der Waals surface area contributed by atoms with Crippen molar-refractivity contribution in [3.05, 3.63) is 29.8 Å². The molecule has 1 rings (SSSR count). The summed E-state index contributed by atoms with van der Waals surface area (Å²) in [5, 5.41) is 0. The monoisotopic (exact) mass is 336 g/mol. The average molecular weight is 335 g/mol. The van der Waals surface area contributed by atoms with Crippen molar-refractivity contribution in [2.75, 3.05) is 7.11 Å². The van der Waals surface area contributed by atoms with Crippen molar-refractivity contribution in [3.8, 4) is 0 Å². The van der Waals surface area contributed by atoms with Gasteiger partial charge in [-0.1, -0.05) is 0 Å². The number of halogens is 1. The predicted molar refractivity (Wildman–Crippen MR) is 69.2 cm³/mol. The molecule has 2 nitrogen and oxygen atoms in total. The fraction of sp³-hybridized carbons (Fsp3) is 0.455. The second-order valence-electron chi connectivity index (χ2n) is 3.36. The largest absolute Gasteiger partial charge is 0.147 e. The molecule has 0 saturated heterocycles. The van der Waals surface area contributed by atoms with Gasteiger partial charge < -0.3 is 0 Å². The molecule has 0 bridgehead atoms. The molecule has 0 saturated carbocycles. The maximum absolute atomic E-state index is 5.94. The van der Waals surface area contributed by atoms with Crippen LogP contribution in [0.15, 0.2) is 24.3 Å². The van der Waals surface area contributed by atoms with Crippen molar-refractivity contribution in [1.82, 2.24) is 0 Å². The van der Waals surface area contributed by atoms with E-state index in [4.69, 9.17) is 8.81 Å². The Kier molecular flexibility index (Phi) is 7.61. The minimum absolute atomic E-state index is 0. The molecule has 0 aliphatic heterocycles. The zero-order valence-electron chi connectivity index (χ0n) is 9.49. The molecule has 1 unspecified atom stereocenters. The summed E-state index contributed by atoms with van der Waals surface area (Å²) < 4.78 is 8.20. The second-order valence-corrected chi connectivity index (χ2v) is 10.5. The third kappa shape index (κ3) is 3.94. The Labute approximate surface area is 106 Å². The number of nitrogens with two attached hydrogens (primary N) is 1. The Bertz CT molecular complexity index is 290. The predicted octanol–water partition coefficient (Wildman–Crippen LogP) is 1.99. The van der Waals surface area contributed by atoms with Crippen LogP contribution in [0, 0.1) is 0 Å². The first-order chi connectivity index (χ1) is 6.70. The Balaban J connectivity index is 0.00000196. The van der Waals surface area contributed by atoms with Crippen LogP contribution in [0.2, 0.25) is 4.44 Å². The van der Waals surface area contributed by atoms with E-state index in [2.05, 4.69) is 25.1 Å². The average Bonchev–Trinajstić information content (AvgIpc) is 2.20. The Morgan fingerprint density at radius 3 is 2.47 bits per heavy atom. The molecule has 0 heterocycles. The summed E-state index contributed by atoms with van der Waals surface area (Å²) in [6.07, 6.45) is 0. The summed E-state index contributed by atoms with van der Waals surface area (Å²) in [6, 6.07) is 8.55. The van der Waals surface area contributed by atoms with Crippen molar-refractivity contribution in [2.45, 2.75) is 24.3 Å². The fourth-order valence-electron chi connectivity index (χ4n) is 1.59. The van der Waals surface area contributed by atoms with Crippen LogP contribution < -0.4 is 9.31 Å². The van der Waals surface area contributed by atoms with Gasteiger partial charge in [-0.15, -0.1) is 12.4 Å². The fourth-order valence-corrected chi connectivity index (χ4v) is 6.74. The van der Waals surface area contributed by atoms with E-state index in [1.807, 2.05) is 20.1 Å². The number of hydrogen-bond donors (Lipinski definition) is 1. The van der Waals surface area contributed by atoms with Gasteiger partial charge in [0.1, 0.15) is 0 Å². The van der Waals surface area contributed by atoms with Crippen LogP contribution in [-0.4, -0.2) is 27.3 Å². The molecule has 0 amide bonds. The molecule has 1 atom stereocenters. The van der Waals surface area contributed by atoms with Gasteiger partial charge in [-0.2, -0.15) is 0 Å². The Morgan fingerprint density at radius 2 is 2.00 bits per heavy atom. The summed E-state index contributed by atoms with van der Waals surface area (Å²) in [5.74, 6) is 0. The molecule has 1 radical (unpaired) electrons. The summed E-state index contributed by atoms with van der Waals surface area (Å²) in [6.45, 7) is 4.24. The molecule has 0 spiro atoms. The number of rotatable bonds is 4. The van der Waals surface area contributed by atoms with Crippen LogP contribution >= 0.6 is 12.4 Å². The van der Waals surface area contributed by atoms with Crippen molar-refractivity contribution < 1.29 is 3.07 Å². The minimum atomic E-state index is -1.80. The topological polar surface area (TPSA) is 35.2 Å². The van der Waals surface area contributed by atoms with Gasteiger partial charge in [0, 0.05) is 0 Å². The van der Waals surface area contributed by atoms with Crippen molar-refractivity contribution >= 4 is 36.2 Å². The van der Waals surface area contributed by atoms with Crippen LogP contribution in [0.4, 0.5) is 0 Å². The van der Waals surface area contributed by atoms with E-state index < -0.39 is 20.2 Å². The molecule has 2 N–H and O–H groups in total. The first-order valence-electron chi connectivity index (χ1n) is 4.95. The van der Waals surface area contributed by atoms with E-state index in [1.54, 1.807) is 0 Å². The smallest absolute Gasteiger partial charge is 0.147 e.